The molecule has 1 fully saturated rings. The molecule has 3 heterocycles. The average molecular weight is 458 g/mol. The standard InChI is InChI=1S/C23H21F3N4O3/c1-13-2-6-18-19(30(13)22(31)32)8-7-17(14-10-28-29(12-14)16-4-5-16)21(18)33-20-9-3-15(11-27-20)23(24,25)26/h3,7-13,16H,2,4-6H2,1H3,(H,31,32)/t13-/m0/s1. The molecular formula is C23H21F3N4O3. The highest BCUT2D eigenvalue weighted by atomic mass is 19.4. The Morgan fingerprint density at radius 1 is 1.15 bits per heavy atom. The van der Waals surface area contributed by atoms with E-state index in [4.69, 9.17) is 4.74 Å². The first-order chi connectivity index (χ1) is 15.7. The smallest absolute Gasteiger partial charge is 0.417 e. The highest BCUT2D eigenvalue weighted by Crippen LogP contribution is 2.45. The van der Waals surface area contributed by atoms with Crippen molar-refractivity contribution < 1.29 is 27.8 Å². The van der Waals surface area contributed by atoms with Gasteiger partial charge in [0.05, 0.1) is 23.5 Å². The van der Waals surface area contributed by atoms with Crippen LogP contribution in [0.3, 0.4) is 0 Å². The first kappa shape index (κ1) is 21.3. The summed E-state index contributed by atoms with van der Waals surface area (Å²) in [6.45, 7) is 1.84. The van der Waals surface area contributed by atoms with Gasteiger partial charge in [-0.2, -0.15) is 18.3 Å². The summed E-state index contributed by atoms with van der Waals surface area (Å²) in [6, 6.07) is 5.75. The van der Waals surface area contributed by atoms with Crippen molar-refractivity contribution in [2.24, 2.45) is 0 Å². The maximum atomic E-state index is 12.9. The van der Waals surface area contributed by atoms with Crippen LogP contribution in [0.15, 0.2) is 42.9 Å². The summed E-state index contributed by atoms with van der Waals surface area (Å²) in [5.41, 5.74) is 1.77. The van der Waals surface area contributed by atoms with Crippen molar-refractivity contribution in [3.8, 4) is 22.8 Å². The van der Waals surface area contributed by atoms with Gasteiger partial charge in [-0.3, -0.25) is 9.58 Å². The zero-order valence-corrected chi connectivity index (χ0v) is 17.7. The number of aromatic nitrogens is 3. The van der Waals surface area contributed by atoms with Gasteiger partial charge in [-0.1, -0.05) is 0 Å². The third-order valence-electron chi connectivity index (χ3n) is 6.06. The zero-order valence-electron chi connectivity index (χ0n) is 17.7. The molecule has 0 saturated heterocycles. The van der Waals surface area contributed by atoms with Gasteiger partial charge in [-0.15, -0.1) is 0 Å². The summed E-state index contributed by atoms with van der Waals surface area (Å²) < 4.78 is 46.7. The summed E-state index contributed by atoms with van der Waals surface area (Å²) in [7, 11) is 0. The molecule has 1 aliphatic carbocycles. The van der Waals surface area contributed by atoms with Crippen LogP contribution < -0.4 is 9.64 Å². The molecule has 0 unspecified atom stereocenters. The van der Waals surface area contributed by atoms with Crippen LogP contribution in [0.2, 0.25) is 0 Å². The lowest BCUT2D eigenvalue weighted by molar-refractivity contribution is -0.137. The van der Waals surface area contributed by atoms with E-state index in [1.165, 1.54) is 11.0 Å². The van der Waals surface area contributed by atoms with Crippen LogP contribution in [-0.2, 0) is 12.6 Å². The number of hydrogen-bond acceptors (Lipinski definition) is 4. The van der Waals surface area contributed by atoms with Gasteiger partial charge in [0.1, 0.15) is 5.75 Å². The summed E-state index contributed by atoms with van der Waals surface area (Å²) in [6.07, 6.45) is 2.04. The number of anilines is 1. The van der Waals surface area contributed by atoms with Crippen molar-refractivity contribution in [2.45, 2.75) is 50.9 Å². The number of benzene rings is 1. The SMILES string of the molecule is C[C@H]1CCc2c(ccc(-c3cnn(C4CC4)c3)c2Oc2ccc(C(F)(F)F)cn2)N1C(=O)O. The summed E-state index contributed by atoms with van der Waals surface area (Å²) >= 11 is 0. The maximum absolute atomic E-state index is 12.9. The number of nitrogens with zero attached hydrogens (tertiary/aromatic N) is 4. The third kappa shape index (κ3) is 4.01. The Labute approximate surface area is 187 Å². The van der Waals surface area contributed by atoms with Crippen LogP contribution in [0.5, 0.6) is 11.6 Å². The van der Waals surface area contributed by atoms with Crippen molar-refractivity contribution >= 4 is 11.8 Å². The summed E-state index contributed by atoms with van der Waals surface area (Å²) in [5.74, 6) is 0.376. The van der Waals surface area contributed by atoms with Crippen LogP contribution in [0.1, 0.15) is 43.4 Å². The van der Waals surface area contributed by atoms with Crippen molar-refractivity contribution in [1.82, 2.24) is 14.8 Å². The number of hydrogen-bond donors (Lipinski definition) is 1. The Bertz CT molecular complexity index is 1200. The molecule has 5 rings (SSSR count). The minimum atomic E-state index is -4.50. The zero-order chi connectivity index (χ0) is 23.3. The predicted molar refractivity (Wildman–Crippen MR) is 114 cm³/mol. The number of carboxylic acid groups (broad SMARTS) is 1. The fraction of sp³-hybridized carbons (Fsp3) is 0.348. The number of halogens is 3. The van der Waals surface area contributed by atoms with Crippen LogP contribution in [0, 0.1) is 0 Å². The molecule has 1 aromatic carbocycles. The van der Waals surface area contributed by atoms with Gasteiger partial charge in [-0.25, -0.2) is 9.78 Å². The van der Waals surface area contributed by atoms with Gasteiger partial charge in [0.25, 0.3) is 0 Å². The van der Waals surface area contributed by atoms with Gasteiger partial charge in [0.2, 0.25) is 5.88 Å². The molecule has 7 nitrogen and oxygen atoms in total. The number of ether oxygens (including phenoxy) is 1. The second kappa shape index (κ2) is 7.79. The molecular weight excluding hydrogens is 437 g/mol. The van der Waals surface area contributed by atoms with E-state index in [2.05, 4.69) is 10.1 Å². The Hall–Kier alpha value is -3.56. The fourth-order valence-corrected chi connectivity index (χ4v) is 4.17. The first-order valence-corrected chi connectivity index (χ1v) is 10.7. The molecule has 0 bridgehead atoms. The summed E-state index contributed by atoms with van der Waals surface area (Å²) in [4.78, 5) is 17.1. The summed E-state index contributed by atoms with van der Waals surface area (Å²) in [5, 5.41) is 14.2. The number of carbonyl (C=O) groups is 1. The van der Waals surface area contributed by atoms with Gasteiger partial charge >= 0.3 is 12.3 Å². The number of rotatable bonds is 4. The molecule has 33 heavy (non-hydrogen) atoms. The molecule has 2 aliphatic rings. The number of amides is 1. The molecule has 0 spiro atoms. The largest absolute Gasteiger partial charge is 0.465 e. The van der Waals surface area contributed by atoms with Crippen molar-refractivity contribution in [3.05, 3.63) is 54.0 Å². The highest BCUT2D eigenvalue weighted by molar-refractivity contribution is 5.91. The Morgan fingerprint density at radius 3 is 2.58 bits per heavy atom. The lowest BCUT2D eigenvalue weighted by Crippen LogP contribution is -2.41. The normalized spacial score (nSPS) is 18.2. The van der Waals surface area contributed by atoms with Gasteiger partial charge in [0, 0.05) is 41.2 Å². The molecule has 1 amide bonds. The third-order valence-corrected chi connectivity index (χ3v) is 6.06. The van der Waals surface area contributed by atoms with E-state index in [9.17, 15) is 23.1 Å². The topological polar surface area (TPSA) is 80.5 Å². The lowest BCUT2D eigenvalue weighted by atomic mass is 9.92. The number of fused-ring (bicyclic) bond motifs is 1. The Kier molecular flexibility index (Phi) is 5.02. The van der Waals surface area contributed by atoms with Crippen LogP contribution in [-0.4, -0.2) is 32.0 Å². The molecule has 1 aliphatic heterocycles. The quantitative estimate of drug-likeness (QED) is 0.526. The van der Waals surface area contributed by atoms with E-state index in [0.29, 0.717) is 41.4 Å². The molecule has 1 saturated carbocycles. The Balaban J connectivity index is 1.60. The van der Waals surface area contributed by atoms with E-state index in [-0.39, 0.29) is 11.9 Å². The molecule has 172 valence electrons. The number of alkyl halides is 3. The fourth-order valence-electron chi connectivity index (χ4n) is 4.17. The van der Waals surface area contributed by atoms with E-state index < -0.39 is 17.8 Å². The van der Waals surface area contributed by atoms with E-state index in [1.54, 1.807) is 18.3 Å². The van der Waals surface area contributed by atoms with Crippen molar-refractivity contribution in [2.75, 3.05) is 4.90 Å². The van der Waals surface area contributed by atoms with Gasteiger partial charge in [0.15, 0.2) is 0 Å². The average Bonchev–Trinajstić information content (AvgIpc) is 3.50. The van der Waals surface area contributed by atoms with Gasteiger partial charge in [-0.05, 0) is 50.8 Å². The second-order valence-electron chi connectivity index (χ2n) is 8.41. The predicted octanol–water partition coefficient (Wildman–Crippen LogP) is 5.91. The minimum absolute atomic E-state index is 0.00673. The lowest BCUT2D eigenvalue weighted by Gasteiger charge is -2.34. The number of pyridine rings is 1. The van der Waals surface area contributed by atoms with E-state index >= 15 is 0 Å². The molecule has 1 N–H and O–H groups in total. The Morgan fingerprint density at radius 2 is 1.94 bits per heavy atom. The van der Waals surface area contributed by atoms with Crippen LogP contribution >= 0.6 is 0 Å². The molecule has 10 heteroatoms. The van der Waals surface area contributed by atoms with Crippen LogP contribution in [0.25, 0.3) is 11.1 Å². The molecule has 0 radical (unpaired) electrons. The minimum Gasteiger partial charge on any atom is -0.465 e. The molecule has 1 atom stereocenters. The first-order valence-electron chi connectivity index (χ1n) is 10.7. The second-order valence-corrected chi connectivity index (χ2v) is 8.41. The maximum Gasteiger partial charge on any atom is 0.417 e. The van der Waals surface area contributed by atoms with E-state index in [1.807, 2.05) is 17.8 Å². The van der Waals surface area contributed by atoms with E-state index in [0.717, 1.165) is 30.7 Å². The van der Waals surface area contributed by atoms with Gasteiger partial charge < -0.3 is 9.84 Å². The highest BCUT2D eigenvalue weighted by Gasteiger charge is 2.33. The monoisotopic (exact) mass is 458 g/mol. The van der Waals surface area contributed by atoms with Crippen molar-refractivity contribution in [3.63, 3.8) is 0 Å². The van der Waals surface area contributed by atoms with Crippen LogP contribution in [0.4, 0.5) is 23.7 Å². The molecule has 3 aromatic rings. The molecule has 2 aromatic heterocycles. The van der Waals surface area contributed by atoms with Crippen molar-refractivity contribution in [1.29, 1.82) is 0 Å².